The Labute approximate surface area is 217 Å². The molecule has 3 rings (SSSR count). The Bertz CT molecular complexity index is 1150. The zero-order chi connectivity index (χ0) is 24.8. The van der Waals surface area contributed by atoms with E-state index in [0.717, 1.165) is 9.37 Å². The molecule has 0 radical (unpaired) electrons. The number of nitrogens with one attached hydrogen (secondary N) is 1. The van der Waals surface area contributed by atoms with Crippen molar-refractivity contribution in [3.8, 4) is 5.75 Å². The second kappa shape index (κ2) is 11.7. The standard InChI is InChI=1S/C22H17BrCl2N2O6S/c1-2-32-19(29)11-33-20-15(24)7-12(8-16(20)25)9-17-21(30)27(22(31)34-17)10-18(28)26-14-5-3-13(23)4-6-14/h3-9H,2,10-11H2,1H3,(H,26,28)/b17-9-. The predicted octanol–water partition coefficient (Wildman–Crippen LogP) is 5.37. The summed E-state index contributed by atoms with van der Waals surface area (Å²) in [6.07, 6.45) is 1.43. The van der Waals surface area contributed by atoms with Crippen molar-refractivity contribution in [2.45, 2.75) is 6.92 Å². The summed E-state index contributed by atoms with van der Waals surface area (Å²) in [6.45, 7) is 1.08. The minimum Gasteiger partial charge on any atom is -0.479 e. The number of hydrogen-bond acceptors (Lipinski definition) is 7. The van der Waals surface area contributed by atoms with E-state index in [-0.39, 0.29) is 33.9 Å². The number of anilines is 1. The average Bonchev–Trinajstić information content (AvgIpc) is 3.02. The lowest BCUT2D eigenvalue weighted by atomic mass is 10.2. The number of nitrogens with zero attached hydrogens (tertiary/aromatic N) is 1. The molecule has 1 aliphatic heterocycles. The van der Waals surface area contributed by atoms with Gasteiger partial charge in [-0.05, 0) is 66.7 Å². The van der Waals surface area contributed by atoms with E-state index >= 15 is 0 Å². The number of benzene rings is 2. The van der Waals surface area contributed by atoms with Crippen molar-refractivity contribution in [1.29, 1.82) is 0 Å². The maximum atomic E-state index is 12.7. The fraction of sp³-hybridized carbons (Fsp3) is 0.182. The van der Waals surface area contributed by atoms with Gasteiger partial charge in [0.15, 0.2) is 12.4 Å². The van der Waals surface area contributed by atoms with Crippen LogP contribution in [0.4, 0.5) is 10.5 Å². The Morgan fingerprint density at radius 3 is 2.41 bits per heavy atom. The van der Waals surface area contributed by atoms with Gasteiger partial charge in [0.1, 0.15) is 6.54 Å². The van der Waals surface area contributed by atoms with Crippen LogP contribution >= 0.6 is 50.9 Å². The molecule has 8 nitrogen and oxygen atoms in total. The first-order valence-electron chi connectivity index (χ1n) is 9.76. The zero-order valence-corrected chi connectivity index (χ0v) is 21.5. The highest BCUT2D eigenvalue weighted by molar-refractivity contribution is 9.10. The highest BCUT2D eigenvalue weighted by Crippen LogP contribution is 2.37. The van der Waals surface area contributed by atoms with E-state index < -0.39 is 29.6 Å². The molecule has 0 bridgehead atoms. The summed E-state index contributed by atoms with van der Waals surface area (Å²) in [7, 11) is 0. The monoisotopic (exact) mass is 586 g/mol. The summed E-state index contributed by atoms with van der Waals surface area (Å²) in [5.41, 5.74) is 0.966. The lowest BCUT2D eigenvalue weighted by Gasteiger charge is -2.12. The number of amides is 3. The van der Waals surface area contributed by atoms with Crippen molar-refractivity contribution in [3.05, 3.63) is 61.4 Å². The molecule has 1 heterocycles. The van der Waals surface area contributed by atoms with Crippen LogP contribution in [0.1, 0.15) is 12.5 Å². The summed E-state index contributed by atoms with van der Waals surface area (Å²) >= 11 is 16.4. The highest BCUT2D eigenvalue weighted by atomic mass is 79.9. The van der Waals surface area contributed by atoms with Gasteiger partial charge in [-0.3, -0.25) is 19.3 Å². The van der Waals surface area contributed by atoms with E-state index in [2.05, 4.69) is 21.2 Å². The van der Waals surface area contributed by atoms with Gasteiger partial charge in [0.2, 0.25) is 5.91 Å². The van der Waals surface area contributed by atoms with Crippen molar-refractivity contribution in [2.75, 3.05) is 25.1 Å². The van der Waals surface area contributed by atoms with Crippen molar-refractivity contribution in [3.63, 3.8) is 0 Å². The molecule has 34 heavy (non-hydrogen) atoms. The Morgan fingerprint density at radius 1 is 1.15 bits per heavy atom. The quantitative estimate of drug-likeness (QED) is 0.327. The van der Waals surface area contributed by atoms with Crippen LogP contribution in [0.2, 0.25) is 10.0 Å². The molecule has 0 unspecified atom stereocenters. The third kappa shape index (κ3) is 6.75. The average molecular weight is 588 g/mol. The Balaban J connectivity index is 1.68. The van der Waals surface area contributed by atoms with Crippen LogP contribution in [0.15, 0.2) is 45.8 Å². The van der Waals surface area contributed by atoms with E-state index in [0.29, 0.717) is 23.0 Å². The number of carbonyl (C=O) groups excluding carboxylic acids is 4. The Morgan fingerprint density at radius 2 is 1.79 bits per heavy atom. The molecule has 0 saturated carbocycles. The molecule has 0 aliphatic carbocycles. The van der Waals surface area contributed by atoms with Crippen molar-refractivity contribution in [2.24, 2.45) is 0 Å². The second-order valence-corrected chi connectivity index (χ2v) is 9.45. The van der Waals surface area contributed by atoms with Gasteiger partial charge in [-0.2, -0.15) is 0 Å². The first-order valence-corrected chi connectivity index (χ1v) is 12.1. The molecule has 178 valence electrons. The summed E-state index contributed by atoms with van der Waals surface area (Å²) in [6, 6.07) is 9.82. The van der Waals surface area contributed by atoms with Gasteiger partial charge in [0.25, 0.3) is 11.1 Å². The zero-order valence-electron chi connectivity index (χ0n) is 17.6. The lowest BCUT2D eigenvalue weighted by Crippen LogP contribution is -2.36. The molecule has 1 aliphatic rings. The topological polar surface area (TPSA) is 102 Å². The number of thioether (sulfide) groups is 1. The van der Waals surface area contributed by atoms with Crippen LogP contribution in [0.3, 0.4) is 0 Å². The van der Waals surface area contributed by atoms with Gasteiger partial charge >= 0.3 is 5.97 Å². The van der Waals surface area contributed by atoms with Crippen molar-refractivity contribution in [1.82, 2.24) is 4.90 Å². The third-order valence-electron chi connectivity index (χ3n) is 4.26. The van der Waals surface area contributed by atoms with E-state index in [4.69, 9.17) is 32.7 Å². The van der Waals surface area contributed by atoms with Crippen LogP contribution in [-0.2, 0) is 19.1 Å². The second-order valence-electron chi connectivity index (χ2n) is 6.73. The number of ether oxygens (including phenoxy) is 2. The largest absolute Gasteiger partial charge is 0.479 e. The van der Waals surface area contributed by atoms with Gasteiger partial charge in [0, 0.05) is 10.2 Å². The molecule has 3 amide bonds. The van der Waals surface area contributed by atoms with Crippen LogP contribution in [0.5, 0.6) is 5.75 Å². The smallest absolute Gasteiger partial charge is 0.344 e. The molecule has 2 aromatic rings. The first-order chi connectivity index (χ1) is 16.2. The summed E-state index contributed by atoms with van der Waals surface area (Å²) < 4.78 is 11.0. The minimum absolute atomic E-state index is 0.0891. The SMILES string of the molecule is CCOC(=O)COc1c(Cl)cc(/C=C2\SC(=O)N(CC(=O)Nc3ccc(Br)cc3)C2=O)cc1Cl. The third-order valence-corrected chi connectivity index (χ3v) is 6.26. The van der Waals surface area contributed by atoms with E-state index in [1.54, 1.807) is 31.2 Å². The summed E-state index contributed by atoms with van der Waals surface area (Å²) in [4.78, 5) is 49.8. The molecular weight excluding hydrogens is 571 g/mol. The highest BCUT2D eigenvalue weighted by Gasteiger charge is 2.36. The normalized spacial score (nSPS) is 14.5. The molecule has 12 heteroatoms. The number of hydrogen-bond donors (Lipinski definition) is 1. The fourth-order valence-corrected chi connectivity index (χ4v) is 4.52. The van der Waals surface area contributed by atoms with E-state index in [1.807, 2.05) is 0 Å². The lowest BCUT2D eigenvalue weighted by molar-refractivity contribution is -0.145. The number of esters is 1. The van der Waals surface area contributed by atoms with Gasteiger partial charge < -0.3 is 14.8 Å². The molecule has 0 spiro atoms. The van der Waals surface area contributed by atoms with Crippen LogP contribution in [0.25, 0.3) is 6.08 Å². The maximum Gasteiger partial charge on any atom is 0.344 e. The molecule has 0 aromatic heterocycles. The number of halogens is 3. The van der Waals surface area contributed by atoms with Crippen LogP contribution < -0.4 is 10.1 Å². The van der Waals surface area contributed by atoms with Crippen molar-refractivity contribution >= 4 is 85.7 Å². The van der Waals surface area contributed by atoms with Crippen LogP contribution in [-0.4, -0.2) is 47.7 Å². The molecule has 1 fully saturated rings. The van der Waals surface area contributed by atoms with Gasteiger partial charge in [-0.15, -0.1) is 0 Å². The van der Waals surface area contributed by atoms with Gasteiger partial charge in [-0.1, -0.05) is 39.1 Å². The number of rotatable bonds is 8. The molecule has 1 N–H and O–H groups in total. The molecule has 2 aromatic carbocycles. The number of imide groups is 1. The van der Waals surface area contributed by atoms with Gasteiger partial charge in [-0.25, -0.2) is 4.79 Å². The maximum absolute atomic E-state index is 12.7. The summed E-state index contributed by atoms with van der Waals surface area (Å²) in [5.74, 6) is -1.61. The Hall–Kier alpha value is -2.53. The number of carbonyl (C=O) groups is 4. The summed E-state index contributed by atoms with van der Waals surface area (Å²) in [5, 5.41) is 2.27. The predicted molar refractivity (Wildman–Crippen MR) is 134 cm³/mol. The van der Waals surface area contributed by atoms with E-state index in [9.17, 15) is 19.2 Å². The molecular formula is C22H17BrCl2N2O6S. The van der Waals surface area contributed by atoms with E-state index in [1.165, 1.54) is 18.2 Å². The fourth-order valence-electron chi connectivity index (χ4n) is 2.80. The van der Waals surface area contributed by atoms with Crippen LogP contribution in [0, 0.1) is 0 Å². The first kappa shape index (κ1) is 26.1. The van der Waals surface area contributed by atoms with Crippen molar-refractivity contribution < 1.29 is 28.7 Å². The Kier molecular flexibility index (Phi) is 9.01. The molecule has 0 atom stereocenters. The molecule has 1 saturated heterocycles. The van der Waals surface area contributed by atoms with Gasteiger partial charge in [0.05, 0.1) is 21.6 Å². The minimum atomic E-state index is -0.615.